The fourth-order valence-corrected chi connectivity index (χ4v) is 1.68. The SMILES string of the molecule is N#Cc1ccccc1COC(=O)c1cc(N)ccc1F. The first kappa shape index (κ1) is 13.6. The number of benzene rings is 2. The van der Waals surface area contributed by atoms with Crippen LogP contribution in [0.4, 0.5) is 10.1 Å². The zero-order valence-electron chi connectivity index (χ0n) is 10.5. The molecule has 0 bridgehead atoms. The fourth-order valence-electron chi connectivity index (χ4n) is 1.68. The Bertz CT molecular complexity index is 693. The van der Waals surface area contributed by atoms with Gasteiger partial charge in [-0.25, -0.2) is 9.18 Å². The number of carbonyl (C=O) groups is 1. The van der Waals surface area contributed by atoms with Crippen LogP contribution in [0, 0.1) is 17.1 Å². The number of nitrogen functional groups attached to an aromatic ring is 1. The lowest BCUT2D eigenvalue weighted by Crippen LogP contribution is -2.09. The minimum absolute atomic E-state index is 0.100. The molecule has 0 amide bonds. The highest BCUT2D eigenvalue weighted by Gasteiger charge is 2.14. The third kappa shape index (κ3) is 2.93. The number of ether oxygens (including phenoxy) is 1. The Labute approximate surface area is 115 Å². The van der Waals surface area contributed by atoms with Crippen LogP contribution >= 0.6 is 0 Å². The molecule has 0 aromatic heterocycles. The van der Waals surface area contributed by atoms with Gasteiger partial charge in [0.1, 0.15) is 12.4 Å². The molecule has 100 valence electrons. The molecule has 4 nitrogen and oxygen atoms in total. The molecule has 0 aliphatic heterocycles. The topological polar surface area (TPSA) is 76.1 Å². The lowest BCUT2D eigenvalue weighted by atomic mass is 10.1. The summed E-state index contributed by atoms with van der Waals surface area (Å²) in [6.07, 6.45) is 0. The van der Waals surface area contributed by atoms with Crippen molar-refractivity contribution in [2.24, 2.45) is 0 Å². The summed E-state index contributed by atoms with van der Waals surface area (Å²) in [6.45, 7) is -0.100. The van der Waals surface area contributed by atoms with Gasteiger partial charge in [-0.2, -0.15) is 5.26 Å². The average molecular weight is 270 g/mol. The molecular formula is C15H11FN2O2. The Kier molecular flexibility index (Phi) is 3.96. The largest absolute Gasteiger partial charge is 0.457 e. The van der Waals surface area contributed by atoms with E-state index in [0.29, 0.717) is 11.1 Å². The Balaban J connectivity index is 2.13. The first-order chi connectivity index (χ1) is 9.61. The van der Waals surface area contributed by atoms with Crippen molar-refractivity contribution in [2.75, 3.05) is 5.73 Å². The molecule has 2 N–H and O–H groups in total. The lowest BCUT2D eigenvalue weighted by Gasteiger charge is -2.07. The fraction of sp³-hybridized carbons (Fsp3) is 0.0667. The number of esters is 1. The van der Waals surface area contributed by atoms with Gasteiger partial charge in [0.05, 0.1) is 17.2 Å². The number of halogens is 1. The standard InChI is InChI=1S/C15H11FN2O2/c16-14-6-5-12(18)7-13(14)15(19)20-9-11-4-2-1-3-10(11)8-17/h1-7H,9,18H2. The molecule has 2 aromatic rings. The third-order valence-electron chi connectivity index (χ3n) is 2.71. The van der Waals surface area contributed by atoms with Crippen LogP contribution in [0.15, 0.2) is 42.5 Å². The van der Waals surface area contributed by atoms with Crippen LogP contribution in [0.1, 0.15) is 21.5 Å². The third-order valence-corrected chi connectivity index (χ3v) is 2.71. The quantitative estimate of drug-likeness (QED) is 0.687. The lowest BCUT2D eigenvalue weighted by molar-refractivity contribution is 0.0467. The Morgan fingerprint density at radius 1 is 1.30 bits per heavy atom. The summed E-state index contributed by atoms with van der Waals surface area (Å²) < 4.78 is 18.5. The second-order valence-electron chi connectivity index (χ2n) is 4.08. The second kappa shape index (κ2) is 5.85. The van der Waals surface area contributed by atoms with E-state index in [4.69, 9.17) is 15.7 Å². The van der Waals surface area contributed by atoms with E-state index < -0.39 is 11.8 Å². The molecule has 2 rings (SSSR count). The van der Waals surface area contributed by atoms with Gasteiger partial charge in [0.15, 0.2) is 0 Å². The number of nitrogens with zero attached hydrogens (tertiary/aromatic N) is 1. The van der Waals surface area contributed by atoms with Crippen molar-refractivity contribution in [1.82, 2.24) is 0 Å². The smallest absolute Gasteiger partial charge is 0.341 e. The van der Waals surface area contributed by atoms with Gasteiger partial charge in [0, 0.05) is 11.3 Å². The van der Waals surface area contributed by atoms with Crippen molar-refractivity contribution in [3.8, 4) is 6.07 Å². The van der Waals surface area contributed by atoms with Crippen LogP contribution in [0.3, 0.4) is 0 Å². The molecule has 0 saturated heterocycles. The van der Waals surface area contributed by atoms with Crippen LogP contribution in [0.5, 0.6) is 0 Å². The summed E-state index contributed by atoms with van der Waals surface area (Å²) in [5.41, 5.74) is 6.52. The van der Waals surface area contributed by atoms with E-state index in [1.54, 1.807) is 24.3 Å². The summed E-state index contributed by atoms with van der Waals surface area (Å²) in [4.78, 5) is 11.8. The van der Waals surface area contributed by atoms with Crippen molar-refractivity contribution in [3.63, 3.8) is 0 Å². The van der Waals surface area contributed by atoms with Crippen LogP contribution in [-0.2, 0) is 11.3 Å². The van der Waals surface area contributed by atoms with Gasteiger partial charge in [-0.3, -0.25) is 0 Å². The number of anilines is 1. The summed E-state index contributed by atoms with van der Waals surface area (Å²) in [5, 5.41) is 8.91. The first-order valence-electron chi connectivity index (χ1n) is 5.82. The molecule has 2 aromatic carbocycles. The van der Waals surface area contributed by atoms with E-state index in [-0.39, 0.29) is 17.9 Å². The molecule has 0 atom stereocenters. The number of hydrogen-bond acceptors (Lipinski definition) is 4. The number of rotatable bonds is 3. The van der Waals surface area contributed by atoms with Crippen molar-refractivity contribution in [1.29, 1.82) is 5.26 Å². The van der Waals surface area contributed by atoms with Gasteiger partial charge in [-0.15, -0.1) is 0 Å². The molecule has 0 fully saturated rings. The minimum atomic E-state index is -0.817. The highest BCUT2D eigenvalue weighted by molar-refractivity contribution is 5.90. The zero-order valence-corrected chi connectivity index (χ0v) is 10.5. The van der Waals surface area contributed by atoms with Gasteiger partial charge >= 0.3 is 5.97 Å². The Hall–Kier alpha value is -2.87. The Morgan fingerprint density at radius 3 is 2.80 bits per heavy atom. The Morgan fingerprint density at radius 2 is 2.05 bits per heavy atom. The molecular weight excluding hydrogens is 259 g/mol. The summed E-state index contributed by atoms with van der Waals surface area (Å²) in [5.74, 6) is -1.51. The maximum atomic E-state index is 13.5. The van der Waals surface area contributed by atoms with Crippen LogP contribution in [-0.4, -0.2) is 5.97 Å². The van der Waals surface area contributed by atoms with Crippen molar-refractivity contribution < 1.29 is 13.9 Å². The highest BCUT2D eigenvalue weighted by Crippen LogP contribution is 2.15. The summed E-state index contributed by atoms with van der Waals surface area (Å²) in [6, 6.07) is 12.4. The molecule has 0 unspecified atom stereocenters. The molecule has 0 spiro atoms. The van der Waals surface area contributed by atoms with Gasteiger partial charge in [0.25, 0.3) is 0 Å². The van der Waals surface area contributed by atoms with Crippen LogP contribution in [0.2, 0.25) is 0 Å². The molecule has 0 aliphatic carbocycles. The second-order valence-corrected chi connectivity index (χ2v) is 4.08. The van der Waals surface area contributed by atoms with Gasteiger partial charge in [0.2, 0.25) is 0 Å². The number of hydrogen-bond donors (Lipinski definition) is 1. The highest BCUT2D eigenvalue weighted by atomic mass is 19.1. The van der Waals surface area contributed by atoms with Gasteiger partial charge < -0.3 is 10.5 Å². The average Bonchev–Trinajstić information content (AvgIpc) is 2.47. The molecule has 0 heterocycles. The number of nitriles is 1. The van der Waals surface area contributed by atoms with E-state index in [1.807, 2.05) is 6.07 Å². The predicted molar refractivity (Wildman–Crippen MR) is 71.1 cm³/mol. The zero-order chi connectivity index (χ0) is 14.5. The molecule has 0 aliphatic rings. The van der Waals surface area contributed by atoms with Crippen molar-refractivity contribution in [2.45, 2.75) is 6.61 Å². The maximum absolute atomic E-state index is 13.5. The van der Waals surface area contributed by atoms with Crippen LogP contribution in [0.25, 0.3) is 0 Å². The van der Waals surface area contributed by atoms with E-state index in [1.165, 1.54) is 12.1 Å². The molecule has 0 radical (unpaired) electrons. The normalized spacial score (nSPS) is 9.80. The van der Waals surface area contributed by atoms with Gasteiger partial charge in [-0.05, 0) is 24.3 Å². The minimum Gasteiger partial charge on any atom is -0.457 e. The van der Waals surface area contributed by atoms with E-state index in [0.717, 1.165) is 6.07 Å². The first-order valence-corrected chi connectivity index (χ1v) is 5.82. The summed E-state index contributed by atoms with van der Waals surface area (Å²) in [7, 11) is 0. The van der Waals surface area contributed by atoms with Crippen LogP contribution < -0.4 is 5.73 Å². The van der Waals surface area contributed by atoms with Crippen molar-refractivity contribution >= 4 is 11.7 Å². The molecule has 5 heteroatoms. The number of nitrogens with two attached hydrogens (primary N) is 1. The monoisotopic (exact) mass is 270 g/mol. The van der Waals surface area contributed by atoms with E-state index in [9.17, 15) is 9.18 Å². The van der Waals surface area contributed by atoms with E-state index >= 15 is 0 Å². The molecule has 20 heavy (non-hydrogen) atoms. The summed E-state index contributed by atoms with van der Waals surface area (Å²) >= 11 is 0. The van der Waals surface area contributed by atoms with Gasteiger partial charge in [-0.1, -0.05) is 18.2 Å². The number of carbonyl (C=O) groups excluding carboxylic acids is 1. The molecule has 0 saturated carbocycles. The van der Waals surface area contributed by atoms with E-state index in [2.05, 4.69) is 0 Å². The maximum Gasteiger partial charge on any atom is 0.341 e. The predicted octanol–water partition coefficient (Wildman–Crippen LogP) is 2.64. The van der Waals surface area contributed by atoms with Crippen molar-refractivity contribution in [3.05, 3.63) is 65.0 Å².